The summed E-state index contributed by atoms with van der Waals surface area (Å²) in [7, 11) is -4.01. The number of anilines is 1. The van der Waals surface area contributed by atoms with Crippen LogP contribution in [0.3, 0.4) is 0 Å². The Hall–Kier alpha value is -2.49. The molecule has 156 valence electrons. The largest absolute Gasteiger partial charge is 0.454 e. The normalized spacial score (nSPS) is 12.4. The van der Waals surface area contributed by atoms with Crippen LogP contribution in [0.15, 0.2) is 53.4 Å². The summed E-state index contributed by atoms with van der Waals surface area (Å²) in [4.78, 5) is 24.2. The van der Waals surface area contributed by atoms with Gasteiger partial charge < -0.3 is 10.1 Å². The van der Waals surface area contributed by atoms with Gasteiger partial charge in [0, 0.05) is 10.7 Å². The van der Waals surface area contributed by atoms with Crippen LogP contribution < -0.4 is 10.0 Å². The molecule has 0 aromatic heterocycles. The Labute approximate surface area is 173 Å². The highest BCUT2D eigenvalue weighted by atomic mass is 35.5. The van der Waals surface area contributed by atoms with E-state index in [1.54, 1.807) is 13.8 Å². The molecule has 0 unspecified atom stereocenters. The number of nitrogens with one attached hydrogen (secondary N) is 2. The number of carbonyl (C=O) groups is 2. The molecule has 1 amide bonds. The van der Waals surface area contributed by atoms with Gasteiger partial charge in [-0.15, -0.1) is 0 Å². The molecule has 0 bridgehead atoms. The molecular weight excluding hydrogens is 423 g/mol. The minimum absolute atomic E-state index is 0.0656. The van der Waals surface area contributed by atoms with Crippen LogP contribution in [-0.2, 0) is 24.3 Å². The second-order valence-electron chi connectivity index (χ2n) is 6.46. The molecule has 29 heavy (non-hydrogen) atoms. The van der Waals surface area contributed by atoms with E-state index in [0.717, 1.165) is 6.07 Å². The van der Waals surface area contributed by atoms with Crippen molar-refractivity contribution in [1.29, 1.82) is 0 Å². The smallest absolute Gasteiger partial charge is 0.324 e. The van der Waals surface area contributed by atoms with Gasteiger partial charge in [-0.25, -0.2) is 12.8 Å². The lowest BCUT2D eigenvalue weighted by Gasteiger charge is -2.20. The van der Waals surface area contributed by atoms with Crippen molar-refractivity contribution in [1.82, 2.24) is 4.72 Å². The van der Waals surface area contributed by atoms with Crippen molar-refractivity contribution >= 4 is 39.2 Å². The Bertz CT molecular complexity index is 980. The third-order valence-corrected chi connectivity index (χ3v) is 5.49. The van der Waals surface area contributed by atoms with Crippen LogP contribution in [0.5, 0.6) is 0 Å². The van der Waals surface area contributed by atoms with Gasteiger partial charge in [0.2, 0.25) is 10.0 Å². The van der Waals surface area contributed by atoms with Crippen LogP contribution in [0.2, 0.25) is 5.02 Å². The van der Waals surface area contributed by atoms with Crippen molar-refractivity contribution in [2.24, 2.45) is 5.92 Å². The Morgan fingerprint density at radius 3 is 2.38 bits per heavy atom. The van der Waals surface area contributed by atoms with Crippen molar-refractivity contribution in [3.05, 3.63) is 59.4 Å². The van der Waals surface area contributed by atoms with E-state index in [1.165, 1.54) is 42.5 Å². The van der Waals surface area contributed by atoms with E-state index in [-0.39, 0.29) is 10.6 Å². The van der Waals surface area contributed by atoms with Gasteiger partial charge in [-0.2, -0.15) is 4.72 Å². The number of carbonyl (C=O) groups excluding carboxylic acids is 2. The monoisotopic (exact) mass is 442 g/mol. The fourth-order valence-electron chi connectivity index (χ4n) is 2.30. The predicted octanol–water partition coefficient (Wildman–Crippen LogP) is 2.96. The van der Waals surface area contributed by atoms with E-state index in [9.17, 15) is 22.4 Å². The summed E-state index contributed by atoms with van der Waals surface area (Å²) in [6.07, 6.45) is 0. The van der Waals surface area contributed by atoms with Crippen LogP contribution in [0.25, 0.3) is 0 Å². The molecule has 10 heteroatoms. The van der Waals surface area contributed by atoms with Crippen LogP contribution in [0.1, 0.15) is 13.8 Å². The number of halogens is 2. The average molecular weight is 443 g/mol. The molecule has 2 aromatic rings. The van der Waals surface area contributed by atoms with Crippen molar-refractivity contribution in [3.8, 4) is 0 Å². The van der Waals surface area contributed by atoms with Crippen LogP contribution in [0.4, 0.5) is 10.1 Å². The van der Waals surface area contributed by atoms with Crippen LogP contribution in [-0.4, -0.2) is 32.9 Å². The van der Waals surface area contributed by atoms with Crippen molar-refractivity contribution in [2.45, 2.75) is 24.8 Å². The summed E-state index contributed by atoms with van der Waals surface area (Å²) in [6.45, 7) is 2.60. The number of benzene rings is 2. The number of hydrogen-bond acceptors (Lipinski definition) is 5. The molecule has 1 atom stereocenters. The first-order chi connectivity index (χ1) is 13.6. The molecule has 0 aliphatic carbocycles. The van der Waals surface area contributed by atoms with Gasteiger partial charge in [0.25, 0.3) is 5.91 Å². The Balaban J connectivity index is 2.00. The SMILES string of the molecule is CC(C)[C@H](NS(=O)(=O)c1ccc(Cl)cc1)C(=O)OCC(=O)Nc1cccc(F)c1. The molecule has 0 aliphatic rings. The molecule has 0 spiro atoms. The van der Waals surface area contributed by atoms with Gasteiger partial charge in [-0.05, 0) is 48.4 Å². The molecule has 0 heterocycles. The highest BCUT2D eigenvalue weighted by molar-refractivity contribution is 7.89. The molecule has 0 saturated heterocycles. The van der Waals surface area contributed by atoms with Crippen molar-refractivity contribution < 1.29 is 27.1 Å². The Morgan fingerprint density at radius 2 is 1.79 bits per heavy atom. The molecular formula is C19H20ClFN2O5S. The molecule has 0 aliphatic heterocycles. The molecule has 0 saturated carbocycles. The zero-order chi connectivity index (χ0) is 21.6. The predicted molar refractivity (Wildman–Crippen MR) is 106 cm³/mol. The fourth-order valence-corrected chi connectivity index (χ4v) is 3.75. The lowest BCUT2D eigenvalue weighted by molar-refractivity contribution is -0.150. The first-order valence-corrected chi connectivity index (χ1v) is 10.4. The van der Waals surface area contributed by atoms with E-state index < -0.39 is 46.3 Å². The third-order valence-electron chi connectivity index (χ3n) is 3.78. The maximum absolute atomic E-state index is 13.1. The van der Waals surface area contributed by atoms with Gasteiger partial charge in [0.1, 0.15) is 11.9 Å². The maximum atomic E-state index is 13.1. The number of hydrogen-bond donors (Lipinski definition) is 2. The number of ether oxygens (including phenoxy) is 1. The second kappa shape index (κ2) is 9.82. The highest BCUT2D eigenvalue weighted by Crippen LogP contribution is 2.16. The van der Waals surface area contributed by atoms with Crippen molar-refractivity contribution in [3.63, 3.8) is 0 Å². The Morgan fingerprint density at radius 1 is 1.14 bits per heavy atom. The number of esters is 1. The fraction of sp³-hybridized carbons (Fsp3) is 0.263. The highest BCUT2D eigenvalue weighted by Gasteiger charge is 2.30. The summed E-state index contributed by atoms with van der Waals surface area (Å²) in [5.41, 5.74) is 0.204. The van der Waals surface area contributed by atoms with E-state index in [0.29, 0.717) is 5.02 Å². The summed E-state index contributed by atoms with van der Waals surface area (Å²) >= 11 is 5.76. The molecule has 2 rings (SSSR count). The van der Waals surface area contributed by atoms with Gasteiger partial charge in [0.05, 0.1) is 4.90 Å². The zero-order valence-corrected chi connectivity index (χ0v) is 17.3. The first-order valence-electron chi connectivity index (χ1n) is 8.58. The number of amides is 1. The summed E-state index contributed by atoms with van der Waals surface area (Å²) < 4.78 is 45.4. The van der Waals surface area contributed by atoms with Crippen molar-refractivity contribution in [2.75, 3.05) is 11.9 Å². The van der Waals surface area contributed by atoms with Gasteiger partial charge in [-0.3, -0.25) is 9.59 Å². The quantitative estimate of drug-likeness (QED) is 0.612. The lowest BCUT2D eigenvalue weighted by atomic mass is 10.1. The van der Waals surface area contributed by atoms with E-state index in [1.807, 2.05) is 0 Å². The molecule has 0 radical (unpaired) electrons. The average Bonchev–Trinajstić information content (AvgIpc) is 2.64. The second-order valence-corrected chi connectivity index (χ2v) is 8.61. The number of rotatable bonds is 8. The van der Waals surface area contributed by atoms with E-state index in [4.69, 9.17) is 16.3 Å². The lowest BCUT2D eigenvalue weighted by Crippen LogP contribution is -2.45. The summed E-state index contributed by atoms with van der Waals surface area (Å²) in [5, 5.41) is 2.75. The van der Waals surface area contributed by atoms with E-state index in [2.05, 4.69) is 10.0 Å². The summed E-state index contributed by atoms with van der Waals surface area (Å²) in [5.74, 6) is -2.58. The summed E-state index contributed by atoms with van der Waals surface area (Å²) in [6, 6.07) is 9.44. The maximum Gasteiger partial charge on any atom is 0.324 e. The minimum atomic E-state index is -4.01. The topological polar surface area (TPSA) is 102 Å². The molecule has 7 nitrogen and oxygen atoms in total. The van der Waals surface area contributed by atoms with Crippen LogP contribution in [0, 0.1) is 11.7 Å². The molecule has 0 fully saturated rings. The van der Waals surface area contributed by atoms with Crippen LogP contribution >= 0.6 is 11.6 Å². The molecule has 2 aromatic carbocycles. The third kappa shape index (κ3) is 6.81. The van der Waals surface area contributed by atoms with Gasteiger partial charge in [0.15, 0.2) is 6.61 Å². The Kier molecular flexibility index (Phi) is 7.72. The number of sulfonamides is 1. The zero-order valence-electron chi connectivity index (χ0n) is 15.7. The van der Waals surface area contributed by atoms with Gasteiger partial charge >= 0.3 is 5.97 Å². The van der Waals surface area contributed by atoms with Gasteiger partial charge in [-0.1, -0.05) is 31.5 Å². The minimum Gasteiger partial charge on any atom is -0.454 e. The van der Waals surface area contributed by atoms with E-state index >= 15 is 0 Å². The molecule has 2 N–H and O–H groups in total. The first kappa shape index (κ1) is 22.8. The standard InChI is InChI=1S/C19H20ClFN2O5S/c1-12(2)18(23-29(26,27)16-8-6-13(20)7-9-16)19(25)28-11-17(24)22-15-5-3-4-14(21)10-15/h3-10,12,18,23H,11H2,1-2H3,(H,22,24)/t18-/m0/s1.